The summed E-state index contributed by atoms with van der Waals surface area (Å²) in [4.78, 5) is 15.8. The lowest BCUT2D eigenvalue weighted by Gasteiger charge is -2.26. The van der Waals surface area contributed by atoms with Gasteiger partial charge in [-0.2, -0.15) is 0 Å². The predicted molar refractivity (Wildman–Crippen MR) is 112 cm³/mol. The molecule has 26 heavy (non-hydrogen) atoms. The van der Waals surface area contributed by atoms with E-state index in [0.717, 1.165) is 24.5 Å². The number of benzene rings is 1. The average molecular weight is 369 g/mol. The van der Waals surface area contributed by atoms with Gasteiger partial charge in [0.05, 0.1) is 11.0 Å². The van der Waals surface area contributed by atoms with Crippen molar-refractivity contribution in [1.82, 2.24) is 5.32 Å². The van der Waals surface area contributed by atoms with E-state index in [2.05, 4.69) is 62.5 Å². The Bertz CT molecular complexity index is 777. The van der Waals surface area contributed by atoms with Crippen molar-refractivity contribution in [1.29, 1.82) is 0 Å². The highest BCUT2D eigenvalue weighted by Crippen LogP contribution is 2.36. The molecule has 2 aromatic rings. The van der Waals surface area contributed by atoms with Crippen molar-refractivity contribution in [3.8, 4) is 10.4 Å². The smallest absolute Gasteiger partial charge is 0.251 e. The van der Waals surface area contributed by atoms with Crippen LogP contribution in [-0.2, 0) is 10.2 Å². The number of hydrogen-bond donors (Lipinski definition) is 1. The first-order valence-electron chi connectivity index (χ1n) is 9.27. The second-order valence-electron chi connectivity index (χ2n) is 7.82. The lowest BCUT2D eigenvalue weighted by molar-refractivity contribution is -0.114. The Morgan fingerprint density at radius 1 is 1.19 bits per heavy atom. The molecule has 1 saturated heterocycles. The Balaban J connectivity index is 1.88. The van der Waals surface area contributed by atoms with Crippen LogP contribution in [0, 0.1) is 0 Å². The van der Waals surface area contributed by atoms with Gasteiger partial charge in [-0.05, 0) is 54.6 Å². The van der Waals surface area contributed by atoms with Crippen LogP contribution in [0.5, 0.6) is 0 Å². The van der Waals surface area contributed by atoms with Crippen LogP contribution in [0.1, 0.15) is 39.7 Å². The number of nitrogens with one attached hydrogen (secondary N) is 1. The molecule has 1 atom stereocenters. The summed E-state index contributed by atoms with van der Waals surface area (Å²) in [6.45, 7) is 10.4. The van der Waals surface area contributed by atoms with E-state index in [1.54, 1.807) is 17.4 Å². The normalized spacial score (nSPS) is 17.8. The minimum atomic E-state index is 0.0673. The summed E-state index contributed by atoms with van der Waals surface area (Å²) < 4.78 is 0. The highest BCUT2D eigenvalue weighted by Gasteiger charge is 2.27. The molecule has 0 radical (unpaired) electrons. The molecule has 1 N–H and O–H groups in total. The maximum Gasteiger partial charge on any atom is 0.251 e. The monoisotopic (exact) mass is 368 g/mol. The summed E-state index contributed by atoms with van der Waals surface area (Å²) in [5.41, 5.74) is 2.70. The molecule has 1 amide bonds. The Kier molecular flexibility index (Phi) is 5.64. The van der Waals surface area contributed by atoms with Crippen LogP contribution in [0.2, 0.25) is 0 Å². The second kappa shape index (κ2) is 7.77. The van der Waals surface area contributed by atoms with Crippen molar-refractivity contribution in [2.24, 2.45) is 0 Å². The first-order chi connectivity index (χ1) is 12.4. The zero-order chi connectivity index (χ0) is 18.7. The van der Waals surface area contributed by atoms with Crippen molar-refractivity contribution in [3.05, 3.63) is 54.1 Å². The van der Waals surface area contributed by atoms with Gasteiger partial charge in [-0.1, -0.05) is 51.1 Å². The van der Waals surface area contributed by atoms with Crippen molar-refractivity contribution in [2.75, 3.05) is 18.0 Å². The maximum absolute atomic E-state index is 12.6. The van der Waals surface area contributed by atoms with Gasteiger partial charge in [0, 0.05) is 11.4 Å². The SMILES string of the molecule is CC=CC(=O)N(c1ccc(-c2ccc(C(C)(C)C)cc2)s1)C1CCNC1. The van der Waals surface area contributed by atoms with E-state index in [-0.39, 0.29) is 17.4 Å². The average Bonchev–Trinajstić information content (AvgIpc) is 3.27. The molecule has 1 aliphatic heterocycles. The molecule has 138 valence electrons. The first kappa shape index (κ1) is 18.9. The van der Waals surface area contributed by atoms with E-state index >= 15 is 0 Å². The molecule has 1 aromatic carbocycles. The summed E-state index contributed by atoms with van der Waals surface area (Å²) in [5, 5.41) is 4.39. The number of hydrogen-bond acceptors (Lipinski definition) is 3. The molecule has 0 aliphatic carbocycles. The standard InChI is InChI=1S/C22H28N2OS/c1-5-6-20(25)24(18-13-14-23-15-18)21-12-11-19(26-21)16-7-9-17(10-8-16)22(2,3)4/h5-12,18,23H,13-15H2,1-4H3. The van der Waals surface area contributed by atoms with Gasteiger partial charge in [0.1, 0.15) is 0 Å². The van der Waals surface area contributed by atoms with Crippen LogP contribution in [0.4, 0.5) is 5.00 Å². The molecule has 1 unspecified atom stereocenters. The molecule has 1 aromatic heterocycles. The molecule has 2 heterocycles. The quantitative estimate of drug-likeness (QED) is 0.772. The van der Waals surface area contributed by atoms with E-state index < -0.39 is 0 Å². The fourth-order valence-electron chi connectivity index (χ4n) is 3.30. The van der Waals surface area contributed by atoms with Crippen LogP contribution < -0.4 is 10.2 Å². The summed E-state index contributed by atoms with van der Waals surface area (Å²) in [6, 6.07) is 13.2. The number of amides is 1. The Hall–Kier alpha value is -1.91. The topological polar surface area (TPSA) is 32.3 Å². The van der Waals surface area contributed by atoms with E-state index in [1.807, 2.05) is 17.9 Å². The van der Waals surface area contributed by atoms with Crippen LogP contribution in [0.3, 0.4) is 0 Å². The molecule has 0 bridgehead atoms. The molecule has 1 aliphatic rings. The molecule has 0 spiro atoms. The van der Waals surface area contributed by atoms with Crippen LogP contribution in [0.25, 0.3) is 10.4 Å². The Labute approximate surface area is 160 Å². The Morgan fingerprint density at radius 2 is 1.92 bits per heavy atom. The summed E-state index contributed by atoms with van der Waals surface area (Å²) in [5.74, 6) is 0.0673. The van der Waals surface area contributed by atoms with E-state index in [4.69, 9.17) is 0 Å². The summed E-state index contributed by atoms with van der Waals surface area (Å²) >= 11 is 1.69. The number of thiophene rings is 1. The fourth-order valence-corrected chi connectivity index (χ4v) is 4.39. The lowest BCUT2D eigenvalue weighted by atomic mass is 9.86. The fraction of sp³-hybridized carbons (Fsp3) is 0.409. The summed E-state index contributed by atoms with van der Waals surface area (Å²) in [6.07, 6.45) is 4.48. The first-order valence-corrected chi connectivity index (χ1v) is 10.1. The van der Waals surface area contributed by atoms with Crippen LogP contribution in [0.15, 0.2) is 48.6 Å². The molecule has 3 rings (SSSR count). The van der Waals surface area contributed by atoms with Crippen molar-refractivity contribution >= 4 is 22.2 Å². The largest absolute Gasteiger partial charge is 0.315 e. The number of carbonyl (C=O) groups excluding carboxylic acids is 1. The lowest BCUT2D eigenvalue weighted by Crippen LogP contribution is -2.40. The number of carbonyl (C=O) groups is 1. The van der Waals surface area contributed by atoms with Gasteiger partial charge >= 0.3 is 0 Å². The zero-order valence-electron chi connectivity index (χ0n) is 16.1. The predicted octanol–water partition coefficient (Wildman–Crippen LogP) is 4.98. The number of anilines is 1. The van der Waals surface area contributed by atoms with E-state index in [0.29, 0.717) is 0 Å². The molecule has 4 heteroatoms. The molecule has 1 fully saturated rings. The molecule has 3 nitrogen and oxygen atoms in total. The summed E-state index contributed by atoms with van der Waals surface area (Å²) in [7, 11) is 0. The van der Waals surface area contributed by atoms with Gasteiger partial charge in [-0.3, -0.25) is 9.69 Å². The third kappa shape index (κ3) is 4.08. The van der Waals surface area contributed by atoms with Gasteiger partial charge in [0.25, 0.3) is 5.91 Å². The van der Waals surface area contributed by atoms with Crippen molar-refractivity contribution in [3.63, 3.8) is 0 Å². The van der Waals surface area contributed by atoms with E-state index in [1.165, 1.54) is 16.0 Å². The minimum absolute atomic E-state index is 0.0673. The van der Waals surface area contributed by atoms with Gasteiger partial charge in [0.15, 0.2) is 0 Å². The second-order valence-corrected chi connectivity index (χ2v) is 8.88. The minimum Gasteiger partial charge on any atom is -0.315 e. The van der Waals surface area contributed by atoms with Gasteiger partial charge in [-0.15, -0.1) is 11.3 Å². The van der Waals surface area contributed by atoms with Gasteiger partial charge in [0.2, 0.25) is 0 Å². The van der Waals surface area contributed by atoms with Crippen molar-refractivity contribution in [2.45, 2.75) is 45.6 Å². The molecular formula is C22H28N2OS. The van der Waals surface area contributed by atoms with Crippen molar-refractivity contribution < 1.29 is 4.79 Å². The van der Waals surface area contributed by atoms with Gasteiger partial charge in [-0.25, -0.2) is 0 Å². The third-order valence-electron chi connectivity index (χ3n) is 4.81. The highest BCUT2D eigenvalue weighted by atomic mass is 32.1. The molecule has 0 saturated carbocycles. The van der Waals surface area contributed by atoms with Gasteiger partial charge < -0.3 is 5.32 Å². The molecular weight excluding hydrogens is 340 g/mol. The number of rotatable bonds is 4. The maximum atomic E-state index is 12.6. The highest BCUT2D eigenvalue weighted by molar-refractivity contribution is 7.19. The zero-order valence-corrected chi connectivity index (χ0v) is 16.9. The van der Waals surface area contributed by atoms with Crippen LogP contribution in [-0.4, -0.2) is 25.0 Å². The van der Waals surface area contributed by atoms with Crippen LogP contribution >= 0.6 is 11.3 Å². The third-order valence-corrected chi connectivity index (χ3v) is 5.94. The number of allylic oxidation sites excluding steroid dienone is 1. The van der Waals surface area contributed by atoms with E-state index in [9.17, 15) is 4.79 Å². The number of nitrogens with zero attached hydrogens (tertiary/aromatic N) is 1. The Morgan fingerprint density at radius 3 is 2.50 bits per heavy atom.